The Bertz CT molecular complexity index is 997. The molecule has 0 nitrogen and oxygen atoms in total. The van der Waals surface area contributed by atoms with Crippen molar-refractivity contribution in [3.63, 3.8) is 0 Å². The monoisotopic (exact) mass is 388 g/mol. The lowest BCUT2D eigenvalue weighted by atomic mass is 10.00. The molecular weight excluding hydrogens is 371 g/mol. The molecule has 0 amide bonds. The summed E-state index contributed by atoms with van der Waals surface area (Å²) in [6.45, 7) is 2.06. The van der Waals surface area contributed by atoms with Gasteiger partial charge < -0.3 is 0 Å². The van der Waals surface area contributed by atoms with E-state index in [-0.39, 0.29) is 16.7 Å². The Balaban J connectivity index is 1.90. The first kappa shape index (κ1) is 19.8. The van der Waals surface area contributed by atoms with Crippen molar-refractivity contribution in [2.75, 3.05) is 0 Å². The van der Waals surface area contributed by atoms with Crippen LogP contribution in [0.1, 0.15) is 30.0 Å². The third kappa shape index (κ3) is 4.14. The molecule has 0 saturated heterocycles. The van der Waals surface area contributed by atoms with Crippen LogP contribution in [0.15, 0.2) is 48.5 Å². The fraction of sp³-hybridized carbons (Fsp3) is 0.130. The highest BCUT2D eigenvalue weighted by molar-refractivity contribution is 5.73. The van der Waals surface area contributed by atoms with Crippen molar-refractivity contribution in [3.8, 4) is 11.1 Å². The maximum absolute atomic E-state index is 14.5. The first-order valence-electron chi connectivity index (χ1n) is 8.80. The lowest BCUT2D eigenvalue weighted by Crippen LogP contribution is -1.94. The third-order valence-electron chi connectivity index (χ3n) is 4.38. The topological polar surface area (TPSA) is 0 Å². The summed E-state index contributed by atoms with van der Waals surface area (Å²) in [5.41, 5.74) is 1.69. The minimum absolute atomic E-state index is 0.00759. The minimum atomic E-state index is -1.58. The van der Waals surface area contributed by atoms with Gasteiger partial charge in [0.05, 0.1) is 0 Å². The molecular formula is C23H17F5. The molecule has 0 aliphatic carbocycles. The van der Waals surface area contributed by atoms with Crippen molar-refractivity contribution in [2.24, 2.45) is 0 Å². The minimum Gasteiger partial charge on any atom is -0.204 e. The van der Waals surface area contributed by atoms with Gasteiger partial charge in [0.2, 0.25) is 0 Å². The van der Waals surface area contributed by atoms with Gasteiger partial charge in [-0.3, -0.25) is 0 Å². The van der Waals surface area contributed by atoms with E-state index in [0.717, 1.165) is 30.5 Å². The van der Waals surface area contributed by atoms with Crippen molar-refractivity contribution in [3.05, 3.63) is 94.3 Å². The number of benzene rings is 3. The maximum atomic E-state index is 14.5. The molecule has 3 aromatic carbocycles. The highest BCUT2D eigenvalue weighted by atomic mass is 19.2. The Labute approximate surface area is 160 Å². The Kier molecular flexibility index (Phi) is 5.93. The summed E-state index contributed by atoms with van der Waals surface area (Å²) in [6.07, 6.45) is 4.26. The van der Waals surface area contributed by atoms with Gasteiger partial charge in [0.1, 0.15) is 0 Å². The van der Waals surface area contributed by atoms with Crippen LogP contribution in [-0.2, 0) is 6.42 Å². The Morgan fingerprint density at radius 1 is 0.714 bits per heavy atom. The van der Waals surface area contributed by atoms with Crippen LogP contribution in [0.5, 0.6) is 0 Å². The molecule has 0 N–H and O–H groups in total. The summed E-state index contributed by atoms with van der Waals surface area (Å²) in [5.74, 6) is -6.37. The van der Waals surface area contributed by atoms with Crippen LogP contribution in [0.3, 0.4) is 0 Å². The molecule has 0 saturated carbocycles. The summed E-state index contributed by atoms with van der Waals surface area (Å²) in [6, 6.07) is 11.6. The molecule has 0 fully saturated rings. The van der Waals surface area contributed by atoms with Crippen molar-refractivity contribution in [2.45, 2.75) is 19.8 Å². The smallest absolute Gasteiger partial charge is 0.194 e. The van der Waals surface area contributed by atoms with Crippen LogP contribution in [0, 0.1) is 29.1 Å². The largest absolute Gasteiger partial charge is 0.204 e. The number of hydrogen-bond donors (Lipinski definition) is 0. The molecule has 0 bridgehead atoms. The molecule has 0 radical (unpaired) electrons. The molecule has 0 aliphatic rings. The van der Waals surface area contributed by atoms with E-state index in [4.69, 9.17) is 0 Å². The van der Waals surface area contributed by atoms with E-state index >= 15 is 0 Å². The van der Waals surface area contributed by atoms with E-state index in [2.05, 4.69) is 6.92 Å². The average molecular weight is 388 g/mol. The van der Waals surface area contributed by atoms with Gasteiger partial charge in [0.25, 0.3) is 0 Å². The maximum Gasteiger partial charge on any atom is 0.194 e. The molecule has 144 valence electrons. The van der Waals surface area contributed by atoms with Crippen molar-refractivity contribution >= 4 is 12.2 Å². The van der Waals surface area contributed by atoms with E-state index < -0.39 is 29.1 Å². The molecule has 0 aromatic heterocycles. The summed E-state index contributed by atoms with van der Waals surface area (Å²) >= 11 is 0. The summed E-state index contributed by atoms with van der Waals surface area (Å²) < 4.78 is 68.4. The van der Waals surface area contributed by atoms with Gasteiger partial charge in [0.15, 0.2) is 29.1 Å². The van der Waals surface area contributed by atoms with E-state index in [9.17, 15) is 22.0 Å². The Morgan fingerprint density at radius 2 is 1.36 bits per heavy atom. The van der Waals surface area contributed by atoms with Gasteiger partial charge >= 0.3 is 0 Å². The summed E-state index contributed by atoms with van der Waals surface area (Å²) in [7, 11) is 0. The van der Waals surface area contributed by atoms with E-state index in [1.807, 2.05) is 12.1 Å². The fourth-order valence-electron chi connectivity index (χ4n) is 2.91. The van der Waals surface area contributed by atoms with E-state index in [1.54, 1.807) is 12.1 Å². The molecule has 0 unspecified atom stereocenters. The van der Waals surface area contributed by atoms with Gasteiger partial charge in [-0.2, -0.15) is 0 Å². The molecule has 28 heavy (non-hydrogen) atoms. The number of aryl methyl sites for hydroxylation is 1. The van der Waals surface area contributed by atoms with Crippen molar-refractivity contribution < 1.29 is 22.0 Å². The standard InChI is InChI=1S/C23H17F5/c1-2-3-14-4-7-16(8-5-14)18-11-10-17(21(26)22(18)27)9-6-15-12-19(24)23(28)20(25)13-15/h4-13H,2-3H2,1H3/b9-6+. The number of rotatable bonds is 5. The van der Waals surface area contributed by atoms with Gasteiger partial charge in [-0.05, 0) is 35.2 Å². The Hall–Kier alpha value is -2.95. The van der Waals surface area contributed by atoms with Crippen LogP contribution in [0.25, 0.3) is 23.3 Å². The second-order valence-electron chi connectivity index (χ2n) is 6.41. The quantitative estimate of drug-likeness (QED) is 0.247. The Morgan fingerprint density at radius 3 is 1.96 bits per heavy atom. The summed E-state index contributed by atoms with van der Waals surface area (Å²) in [5, 5.41) is 0. The van der Waals surface area contributed by atoms with Gasteiger partial charge in [0, 0.05) is 11.1 Å². The number of hydrogen-bond acceptors (Lipinski definition) is 0. The van der Waals surface area contributed by atoms with Crippen LogP contribution in [-0.4, -0.2) is 0 Å². The fourth-order valence-corrected chi connectivity index (χ4v) is 2.91. The second-order valence-corrected chi connectivity index (χ2v) is 6.41. The molecule has 0 heterocycles. The third-order valence-corrected chi connectivity index (χ3v) is 4.38. The normalized spacial score (nSPS) is 11.4. The first-order chi connectivity index (χ1) is 13.4. The lowest BCUT2D eigenvalue weighted by Gasteiger charge is -2.08. The zero-order chi connectivity index (χ0) is 20.3. The van der Waals surface area contributed by atoms with Crippen LogP contribution in [0.4, 0.5) is 22.0 Å². The molecule has 0 atom stereocenters. The molecule has 0 aliphatic heterocycles. The van der Waals surface area contributed by atoms with Crippen molar-refractivity contribution in [1.29, 1.82) is 0 Å². The van der Waals surface area contributed by atoms with E-state index in [1.165, 1.54) is 24.3 Å². The first-order valence-corrected chi connectivity index (χ1v) is 8.80. The van der Waals surface area contributed by atoms with Crippen LogP contribution < -0.4 is 0 Å². The molecule has 3 aromatic rings. The zero-order valence-electron chi connectivity index (χ0n) is 15.1. The predicted octanol–water partition coefficient (Wildman–Crippen LogP) is 7.17. The van der Waals surface area contributed by atoms with Gasteiger partial charge in [-0.25, -0.2) is 22.0 Å². The van der Waals surface area contributed by atoms with Gasteiger partial charge in [-0.15, -0.1) is 0 Å². The van der Waals surface area contributed by atoms with Gasteiger partial charge in [-0.1, -0.05) is 61.9 Å². The summed E-state index contributed by atoms with van der Waals surface area (Å²) in [4.78, 5) is 0. The molecule has 0 spiro atoms. The van der Waals surface area contributed by atoms with Crippen molar-refractivity contribution in [1.82, 2.24) is 0 Å². The van der Waals surface area contributed by atoms with Crippen LogP contribution >= 0.6 is 0 Å². The number of halogens is 5. The molecule has 3 rings (SSSR count). The SMILES string of the molecule is CCCc1ccc(-c2ccc(/C=C/c3cc(F)c(F)c(F)c3)c(F)c2F)cc1. The zero-order valence-corrected chi connectivity index (χ0v) is 15.1. The lowest BCUT2D eigenvalue weighted by molar-refractivity contribution is 0.447. The van der Waals surface area contributed by atoms with E-state index in [0.29, 0.717) is 5.56 Å². The average Bonchev–Trinajstić information content (AvgIpc) is 2.68. The highest BCUT2D eigenvalue weighted by Crippen LogP contribution is 2.28. The van der Waals surface area contributed by atoms with Crippen LogP contribution in [0.2, 0.25) is 0 Å². The molecule has 5 heteroatoms. The highest BCUT2D eigenvalue weighted by Gasteiger charge is 2.14. The predicted molar refractivity (Wildman–Crippen MR) is 101 cm³/mol. The second kappa shape index (κ2) is 8.38.